The highest BCUT2D eigenvalue weighted by Crippen LogP contribution is 2.27. The summed E-state index contributed by atoms with van der Waals surface area (Å²) in [7, 11) is 1.59. The molecule has 1 atom stereocenters. The van der Waals surface area contributed by atoms with Crippen LogP contribution in [0.2, 0.25) is 0 Å². The van der Waals surface area contributed by atoms with Crippen LogP contribution in [0.1, 0.15) is 46.0 Å². The van der Waals surface area contributed by atoms with Crippen LogP contribution >= 0.6 is 0 Å². The van der Waals surface area contributed by atoms with Crippen LogP contribution in [0, 0.1) is 11.3 Å². The predicted octanol–water partition coefficient (Wildman–Crippen LogP) is 2.69. The van der Waals surface area contributed by atoms with Gasteiger partial charge in [-0.3, -0.25) is 14.5 Å². The zero-order chi connectivity index (χ0) is 20.6. The Balaban J connectivity index is 1.93. The highest BCUT2D eigenvalue weighted by Gasteiger charge is 2.35. The summed E-state index contributed by atoms with van der Waals surface area (Å²) in [6.45, 7) is 4.32. The number of rotatable bonds is 8. The van der Waals surface area contributed by atoms with E-state index in [2.05, 4.69) is 16.7 Å². The fraction of sp³-hybridized carbons (Fsp3) is 0.571. The first-order chi connectivity index (χ1) is 13.4. The average molecular weight is 386 g/mol. The van der Waals surface area contributed by atoms with Gasteiger partial charge < -0.3 is 15.4 Å². The van der Waals surface area contributed by atoms with Crippen LogP contribution in [0.25, 0.3) is 0 Å². The normalized spacial score (nSPS) is 16.7. The number of carbonyl (C=O) groups excluding carboxylic acids is 2. The molecular formula is C21H30N4O3. The largest absolute Gasteiger partial charge is 0.497 e. The fourth-order valence-electron chi connectivity index (χ4n) is 3.51. The predicted molar refractivity (Wildman–Crippen MR) is 108 cm³/mol. The van der Waals surface area contributed by atoms with Crippen molar-refractivity contribution in [3.8, 4) is 11.8 Å². The lowest BCUT2D eigenvalue weighted by Gasteiger charge is -2.34. The van der Waals surface area contributed by atoms with Gasteiger partial charge in [-0.2, -0.15) is 5.26 Å². The van der Waals surface area contributed by atoms with Gasteiger partial charge in [0, 0.05) is 5.69 Å². The van der Waals surface area contributed by atoms with Gasteiger partial charge in [-0.15, -0.1) is 0 Å². The van der Waals surface area contributed by atoms with E-state index in [-0.39, 0.29) is 18.4 Å². The van der Waals surface area contributed by atoms with Crippen LogP contribution in [-0.2, 0) is 9.59 Å². The van der Waals surface area contributed by atoms with Crippen molar-refractivity contribution >= 4 is 17.5 Å². The van der Waals surface area contributed by atoms with E-state index in [0.717, 1.165) is 19.3 Å². The number of likely N-dealkylation sites (N-methyl/N-ethyl adjacent to an activating group) is 1. The topological polar surface area (TPSA) is 94.5 Å². The summed E-state index contributed by atoms with van der Waals surface area (Å²) in [5.74, 6) is 0.314. The zero-order valence-corrected chi connectivity index (χ0v) is 17.0. The number of hydrogen-bond donors (Lipinski definition) is 2. The van der Waals surface area contributed by atoms with Gasteiger partial charge in [-0.1, -0.05) is 26.2 Å². The number of benzene rings is 1. The molecule has 2 amide bonds. The second kappa shape index (κ2) is 10.1. The number of methoxy groups -OCH3 is 1. The molecule has 0 aromatic heterocycles. The highest BCUT2D eigenvalue weighted by atomic mass is 16.5. The molecule has 0 heterocycles. The molecule has 0 bridgehead atoms. The van der Waals surface area contributed by atoms with Crippen LogP contribution in [-0.4, -0.2) is 48.5 Å². The summed E-state index contributed by atoms with van der Waals surface area (Å²) in [4.78, 5) is 26.9. The fourth-order valence-corrected chi connectivity index (χ4v) is 3.51. The Bertz CT molecular complexity index is 705. The number of nitrogens with zero attached hydrogens (tertiary/aromatic N) is 2. The Morgan fingerprint density at radius 3 is 2.43 bits per heavy atom. The van der Waals surface area contributed by atoms with Gasteiger partial charge in [0.05, 0.1) is 25.8 Å². The molecule has 0 aliphatic heterocycles. The molecule has 28 heavy (non-hydrogen) atoms. The summed E-state index contributed by atoms with van der Waals surface area (Å²) in [6.07, 6.45) is 4.37. The van der Waals surface area contributed by atoms with Crippen LogP contribution < -0.4 is 15.4 Å². The van der Waals surface area contributed by atoms with Crippen molar-refractivity contribution in [1.82, 2.24) is 10.2 Å². The van der Waals surface area contributed by atoms with E-state index in [9.17, 15) is 14.9 Å². The third kappa shape index (κ3) is 5.70. The molecule has 1 saturated carbocycles. The summed E-state index contributed by atoms with van der Waals surface area (Å²) in [6, 6.07) is 8.88. The van der Waals surface area contributed by atoms with Crippen molar-refractivity contribution in [1.29, 1.82) is 5.26 Å². The molecule has 0 radical (unpaired) electrons. The Morgan fingerprint density at radius 1 is 1.25 bits per heavy atom. The lowest BCUT2D eigenvalue weighted by atomic mass is 9.82. The van der Waals surface area contributed by atoms with Crippen LogP contribution in [0.5, 0.6) is 5.75 Å². The van der Waals surface area contributed by atoms with Gasteiger partial charge in [0.25, 0.3) is 0 Å². The van der Waals surface area contributed by atoms with Crippen LogP contribution in [0.3, 0.4) is 0 Å². The number of ether oxygens (including phenoxy) is 1. The van der Waals surface area contributed by atoms with Crippen molar-refractivity contribution < 1.29 is 14.3 Å². The molecular weight excluding hydrogens is 356 g/mol. The van der Waals surface area contributed by atoms with E-state index < -0.39 is 11.6 Å². The Labute approximate surface area is 167 Å². The number of hydrogen-bond acceptors (Lipinski definition) is 5. The third-order valence-electron chi connectivity index (χ3n) is 5.34. The number of amides is 2. The number of anilines is 1. The van der Waals surface area contributed by atoms with Crippen LogP contribution in [0.4, 0.5) is 5.69 Å². The van der Waals surface area contributed by atoms with E-state index in [0.29, 0.717) is 30.8 Å². The molecule has 1 aromatic carbocycles. The van der Waals surface area contributed by atoms with Crippen molar-refractivity contribution in [3.05, 3.63) is 24.3 Å². The van der Waals surface area contributed by atoms with Gasteiger partial charge in [0.15, 0.2) is 0 Å². The minimum atomic E-state index is -0.769. The average Bonchev–Trinajstić information content (AvgIpc) is 2.72. The molecule has 7 heteroatoms. The standard InChI is InChI=1S/C21H30N4O3/c1-4-25(14-19(26)23-17-8-10-18(28-3)11-9-17)16(2)20(27)24-21(15-22)12-6-5-7-13-21/h8-11,16H,4-7,12-14H2,1-3H3,(H,23,26)(H,24,27)/t16-/m1/s1. The van der Waals surface area contributed by atoms with Crippen molar-refractivity contribution in [3.63, 3.8) is 0 Å². The third-order valence-corrected chi connectivity index (χ3v) is 5.34. The van der Waals surface area contributed by atoms with E-state index in [1.54, 1.807) is 43.2 Å². The van der Waals surface area contributed by atoms with Crippen molar-refractivity contribution in [2.24, 2.45) is 0 Å². The van der Waals surface area contributed by atoms with Gasteiger partial charge in [0.1, 0.15) is 11.3 Å². The molecule has 1 aliphatic rings. The zero-order valence-electron chi connectivity index (χ0n) is 17.0. The molecule has 0 unspecified atom stereocenters. The Hall–Kier alpha value is -2.59. The first-order valence-electron chi connectivity index (χ1n) is 9.84. The van der Waals surface area contributed by atoms with E-state index >= 15 is 0 Å². The van der Waals surface area contributed by atoms with E-state index in [1.165, 1.54) is 0 Å². The quantitative estimate of drug-likeness (QED) is 0.716. The molecule has 1 fully saturated rings. The molecule has 7 nitrogen and oxygen atoms in total. The maximum absolute atomic E-state index is 12.7. The summed E-state index contributed by atoms with van der Waals surface area (Å²) >= 11 is 0. The summed E-state index contributed by atoms with van der Waals surface area (Å²) in [5.41, 5.74) is -0.0986. The van der Waals surface area contributed by atoms with Gasteiger partial charge in [0.2, 0.25) is 11.8 Å². The second-order valence-corrected chi connectivity index (χ2v) is 7.26. The smallest absolute Gasteiger partial charge is 0.238 e. The maximum Gasteiger partial charge on any atom is 0.238 e. The lowest BCUT2D eigenvalue weighted by molar-refractivity contribution is -0.128. The van der Waals surface area contributed by atoms with Gasteiger partial charge in [-0.25, -0.2) is 0 Å². The summed E-state index contributed by atoms with van der Waals surface area (Å²) < 4.78 is 5.11. The van der Waals surface area contributed by atoms with Gasteiger partial charge >= 0.3 is 0 Å². The minimum absolute atomic E-state index is 0.0939. The summed E-state index contributed by atoms with van der Waals surface area (Å²) in [5, 5.41) is 15.3. The van der Waals surface area contributed by atoms with Crippen molar-refractivity contribution in [2.75, 3.05) is 25.5 Å². The monoisotopic (exact) mass is 386 g/mol. The molecule has 2 N–H and O–H groups in total. The first-order valence-corrected chi connectivity index (χ1v) is 9.84. The molecule has 152 valence electrons. The van der Waals surface area contributed by atoms with Crippen molar-refractivity contribution in [2.45, 2.75) is 57.5 Å². The Morgan fingerprint density at radius 2 is 1.89 bits per heavy atom. The Kier molecular flexibility index (Phi) is 7.82. The van der Waals surface area contributed by atoms with E-state index in [4.69, 9.17) is 4.74 Å². The van der Waals surface area contributed by atoms with Gasteiger partial charge in [-0.05, 0) is 50.6 Å². The SMILES string of the molecule is CCN(CC(=O)Nc1ccc(OC)cc1)[C@H](C)C(=O)NC1(C#N)CCCCC1. The number of nitriles is 1. The molecule has 2 rings (SSSR count). The highest BCUT2D eigenvalue weighted by molar-refractivity contribution is 5.93. The molecule has 1 aliphatic carbocycles. The molecule has 0 saturated heterocycles. The molecule has 1 aromatic rings. The lowest BCUT2D eigenvalue weighted by Crippen LogP contribution is -2.55. The molecule has 0 spiro atoms. The second-order valence-electron chi connectivity index (χ2n) is 7.26. The number of carbonyl (C=O) groups is 2. The van der Waals surface area contributed by atoms with E-state index in [1.807, 2.05) is 6.92 Å². The van der Waals surface area contributed by atoms with Crippen LogP contribution in [0.15, 0.2) is 24.3 Å². The number of nitrogens with one attached hydrogen (secondary N) is 2. The minimum Gasteiger partial charge on any atom is -0.497 e. The maximum atomic E-state index is 12.7. The first kappa shape index (κ1) is 21.7.